The van der Waals surface area contributed by atoms with Crippen LogP contribution in [0.2, 0.25) is 0 Å². The summed E-state index contributed by atoms with van der Waals surface area (Å²) >= 11 is 0. The van der Waals surface area contributed by atoms with E-state index in [1.165, 1.54) is 161 Å². The molecule has 0 aliphatic rings. The summed E-state index contributed by atoms with van der Waals surface area (Å²) in [6.07, 6.45) is 89.4. The molecule has 0 aliphatic heterocycles. The number of unbranched alkanes of at least 4 members (excludes halogenated alkanes) is 31. The van der Waals surface area contributed by atoms with Crippen molar-refractivity contribution in [1.29, 1.82) is 0 Å². The Labute approximate surface area is 495 Å². The lowest BCUT2D eigenvalue weighted by molar-refractivity contribution is -0.870. The van der Waals surface area contributed by atoms with Crippen LogP contribution in [0.4, 0.5) is 0 Å². The topological polar surface area (TPSA) is 105 Å². The number of aliphatic hydroxyl groups excluding tert-OH is 1. The summed E-state index contributed by atoms with van der Waals surface area (Å²) in [5, 5.41) is 14.0. The van der Waals surface area contributed by atoms with Gasteiger partial charge in [0.1, 0.15) is 13.2 Å². The molecule has 3 N–H and O–H groups in total. The lowest BCUT2D eigenvalue weighted by Gasteiger charge is -2.25. The quantitative estimate of drug-likeness (QED) is 0.0243. The number of hydrogen-bond acceptors (Lipinski definition) is 5. The number of likely N-dealkylation sites (N-methyl/N-ethyl adjacent to an activating group) is 1. The van der Waals surface area contributed by atoms with Gasteiger partial charge in [-0.1, -0.05) is 297 Å². The summed E-state index contributed by atoms with van der Waals surface area (Å²) in [4.78, 5) is 23.4. The van der Waals surface area contributed by atoms with Crippen molar-refractivity contribution in [3.05, 3.63) is 109 Å². The van der Waals surface area contributed by atoms with Crippen molar-refractivity contribution >= 4 is 13.7 Å². The molecule has 0 bridgehead atoms. The Balaban J connectivity index is 4.22. The first-order valence-electron chi connectivity index (χ1n) is 33.3. The van der Waals surface area contributed by atoms with Gasteiger partial charge in [0.05, 0.1) is 39.9 Å². The highest BCUT2D eigenvalue weighted by atomic mass is 31.2. The molecule has 3 unspecified atom stereocenters. The molecule has 0 rings (SSSR count). The maximum Gasteiger partial charge on any atom is 0.472 e. The molecule has 3 atom stereocenters. The van der Waals surface area contributed by atoms with E-state index in [-0.39, 0.29) is 19.1 Å². The molecule has 0 radical (unpaired) electrons. The number of phosphoric acid groups is 1. The number of carbonyl (C=O) groups is 1. The van der Waals surface area contributed by atoms with Gasteiger partial charge in [-0.3, -0.25) is 13.8 Å². The monoisotopic (exact) mass is 1140 g/mol. The van der Waals surface area contributed by atoms with Crippen LogP contribution in [0.3, 0.4) is 0 Å². The number of nitrogens with one attached hydrogen (secondary N) is 1. The highest BCUT2D eigenvalue weighted by Gasteiger charge is 2.27. The predicted molar refractivity (Wildman–Crippen MR) is 350 cm³/mol. The molecule has 80 heavy (non-hydrogen) atoms. The van der Waals surface area contributed by atoms with Gasteiger partial charge in [-0.05, 0) is 89.9 Å². The number of allylic oxidation sites excluding steroid dienone is 17. The Morgan fingerprint density at radius 1 is 0.438 bits per heavy atom. The SMILES string of the molecule is CC/C=C\C/C=C\C/C=C\C/C=C\C/C=C\C/C=C\C/C=C\CCCCCCCC(=O)NC(COP(=O)(O)OCC[N+](C)(C)C)C(O)/C=C/CC/C=C/CCCCCCCCCCCCCCCCCCCCCCCCCCC. The summed E-state index contributed by atoms with van der Waals surface area (Å²) in [6.45, 7) is 4.68. The van der Waals surface area contributed by atoms with Gasteiger partial charge >= 0.3 is 7.82 Å². The molecule has 0 aromatic heterocycles. The third kappa shape index (κ3) is 62.8. The lowest BCUT2D eigenvalue weighted by atomic mass is 10.0. The second kappa shape index (κ2) is 60.7. The summed E-state index contributed by atoms with van der Waals surface area (Å²) in [6, 6.07) is -0.884. The molecule has 0 fully saturated rings. The molecule has 8 nitrogen and oxygen atoms in total. The second-order valence-electron chi connectivity index (χ2n) is 23.5. The third-order valence-corrected chi connectivity index (χ3v) is 15.5. The molecule has 1 amide bonds. The number of phosphoric ester groups is 1. The van der Waals surface area contributed by atoms with E-state index in [1.54, 1.807) is 6.08 Å². The van der Waals surface area contributed by atoms with E-state index in [9.17, 15) is 19.4 Å². The zero-order chi connectivity index (χ0) is 58.4. The first-order valence-corrected chi connectivity index (χ1v) is 34.8. The number of carbonyl (C=O) groups excluding carboxylic acids is 1. The van der Waals surface area contributed by atoms with Crippen LogP contribution in [0, 0.1) is 0 Å². The third-order valence-electron chi connectivity index (χ3n) is 14.5. The van der Waals surface area contributed by atoms with E-state index in [1.807, 2.05) is 27.2 Å². The Morgan fingerprint density at radius 3 is 1.15 bits per heavy atom. The second-order valence-corrected chi connectivity index (χ2v) is 24.9. The van der Waals surface area contributed by atoms with Gasteiger partial charge in [0.15, 0.2) is 0 Å². The summed E-state index contributed by atoms with van der Waals surface area (Å²) < 4.78 is 23.8. The molecule has 462 valence electrons. The highest BCUT2D eigenvalue weighted by Crippen LogP contribution is 2.43. The Kier molecular flexibility index (Phi) is 58.6. The van der Waals surface area contributed by atoms with Crippen LogP contribution in [0.5, 0.6) is 0 Å². The van der Waals surface area contributed by atoms with E-state index in [0.29, 0.717) is 17.4 Å². The molecule has 0 spiro atoms. The fourth-order valence-electron chi connectivity index (χ4n) is 9.33. The van der Waals surface area contributed by atoms with Gasteiger partial charge in [0, 0.05) is 6.42 Å². The fourth-order valence-corrected chi connectivity index (χ4v) is 10.1. The minimum Gasteiger partial charge on any atom is -0.387 e. The van der Waals surface area contributed by atoms with Gasteiger partial charge in [-0.15, -0.1) is 0 Å². The molecule has 0 saturated carbocycles. The van der Waals surface area contributed by atoms with Crippen LogP contribution in [0.25, 0.3) is 0 Å². The van der Waals surface area contributed by atoms with Crippen LogP contribution in [0.15, 0.2) is 109 Å². The van der Waals surface area contributed by atoms with Gasteiger partial charge in [0.25, 0.3) is 0 Å². The largest absolute Gasteiger partial charge is 0.472 e. The molecule has 9 heteroatoms. The molecule has 0 saturated heterocycles. The van der Waals surface area contributed by atoms with Crippen LogP contribution in [-0.2, 0) is 18.4 Å². The first kappa shape index (κ1) is 77.2. The molecule has 0 heterocycles. The summed E-state index contributed by atoms with van der Waals surface area (Å²) in [7, 11) is 1.53. The van der Waals surface area contributed by atoms with Gasteiger partial charge in [-0.2, -0.15) is 0 Å². The van der Waals surface area contributed by atoms with Crippen molar-refractivity contribution in [3.63, 3.8) is 0 Å². The van der Waals surface area contributed by atoms with E-state index in [4.69, 9.17) is 9.05 Å². The normalized spacial score (nSPS) is 14.4. The van der Waals surface area contributed by atoms with E-state index >= 15 is 0 Å². The number of quaternary nitrogens is 1. The average Bonchev–Trinajstić information content (AvgIpc) is 3.42. The Bertz CT molecular complexity index is 1670. The number of hydrogen-bond donors (Lipinski definition) is 3. The Morgan fingerprint density at radius 2 is 0.762 bits per heavy atom. The maximum absolute atomic E-state index is 13.0. The van der Waals surface area contributed by atoms with Crippen molar-refractivity contribution < 1.29 is 32.9 Å². The zero-order valence-electron chi connectivity index (χ0n) is 52.8. The molecular weight excluding hydrogens is 1010 g/mol. The number of aliphatic hydroxyl groups is 1. The number of rotatable bonds is 60. The van der Waals surface area contributed by atoms with Crippen molar-refractivity contribution in [2.45, 2.75) is 296 Å². The molecule has 0 aromatic rings. The Hall–Kier alpha value is -2.84. The lowest BCUT2D eigenvalue weighted by Crippen LogP contribution is -2.45. The molecular formula is C71H128N2O6P+. The molecule has 0 aliphatic carbocycles. The van der Waals surface area contributed by atoms with Crippen molar-refractivity contribution in [2.24, 2.45) is 0 Å². The first-order chi connectivity index (χ1) is 39.0. The smallest absolute Gasteiger partial charge is 0.387 e. The summed E-state index contributed by atoms with van der Waals surface area (Å²) in [5.74, 6) is -0.207. The van der Waals surface area contributed by atoms with Crippen LogP contribution in [-0.4, -0.2) is 73.4 Å². The zero-order valence-corrected chi connectivity index (χ0v) is 53.7. The standard InChI is InChI=1S/C71H127N2O6P/c1-6-8-10-12-14-16-18-20-22-24-26-28-30-32-34-35-36-37-39-40-42-44-46-48-50-52-54-56-58-60-62-64-70(74)69(68-79-80(76,77)78-67-66-73(3,4)5)72-71(75)65-63-61-59-57-55-53-51-49-47-45-43-41-38-33-31-29-27-25-23-21-19-17-15-13-11-9-7-2/h9,11,15,17,21,23,27,29,33,38,43,45,49,51,54,56,62,64,69-70,74H,6-8,10,12-14,16,18-20,22,24-26,28,30-32,34-37,39-42,44,46-48,50,52-53,55,57-61,63,65-68H2,1-5H3,(H-,72,75,76,77)/p+1/b11-9-,17-15-,23-21-,29-27-,38-33-,45-43-,51-49-,56-54+,64-62+. The maximum atomic E-state index is 13.0. The summed E-state index contributed by atoms with van der Waals surface area (Å²) in [5.41, 5.74) is 0. The fraction of sp³-hybridized carbons (Fsp3) is 0.732. The number of nitrogens with zero attached hydrogens (tertiary/aromatic N) is 1. The number of amides is 1. The highest BCUT2D eigenvalue weighted by molar-refractivity contribution is 7.47. The van der Waals surface area contributed by atoms with Gasteiger partial charge < -0.3 is 19.8 Å². The van der Waals surface area contributed by atoms with Crippen LogP contribution >= 0.6 is 7.82 Å². The van der Waals surface area contributed by atoms with E-state index < -0.39 is 20.0 Å². The minimum absolute atomic E-state index is 0.0462. The van der Waals surface area contributed by atoms with Crippen molar-refractivity contribution in [1.82, 2.24) is 5.32 Å². The van der Waals surface area contributed by atoms with Crippen molar-refractivity contribution in [3.8, 4) is 0 Å². The van der Waals surface area contributed by atoms with E-state index in [2.05, 4.69) is 116 Å². The van der Waals surface area contributed by atoms with Gasteiger partial charge in [-0.25, -0.2) is 4.57 Å². The van der Waals surface area contributed by atoms with Crippen molar-refractivity contribution in [2.75, 3.05) is 40.9 Å². The van der Waals surface area contributed by atoms with E-state index in [0.717, 1.165) is 103 Å². The predicted octanol–water partition coefficient (Wildman–Crippen LogP) is 21.1. The van der Waals surface area contributed by atoms with Crippen LogP contribution < -0.4 is 5.32 Å². The molecule has 0 aromatic carbocycles. The van der Waals surface area contributed by atoms with Crippen LogP contribution in [0.1, 0.15) is 284 Å². The van der Waals surface area contributed by atoms with Gasteiger partial charge in [0.2, 0.25) is 5.91 Å². The minimum atomic E-state index is -4.38. The average molecular weight is 1140 g/mol.